The van der Waals surface area contributed by atoms with Gasteiger partial charge in [-0.25, -0.2) is 9.78 Å². The summed E-state index contributed by atoms with van der Waals surface area (Å²) in [5.41, 5.74) is 0.285. The third-order valence-corrected chi connectivity index (χ3v) is 4.49. The van der Waals surface area contributed by atoms with Gasteiger partial charge < -0.3 is 20.1 Å². The minimum Gasteiger partial charge on any atom is -0.465 e. The molecule has 2 heterocycles. The van der Waals surface area contributed by atoms with Gasteiger partial charge in [0.05, 0.1) is 25.5 Å². The predicted octanol–water partition coefficient (Wildman–Crippen LogP) is 1.96. The van der Waals surface area contributed by atoms with Crippen LogP contribution in [0.3, 0.4) is 0 Å². The summed E-state index contributed by atoms with van der Waals surface area (Å²) < 4.78 is 10.3. The lowest BCUT2D eigenvalue weighted by atomic mass is 9.91. The lowest BCUT2D eigenvalue weighted by Crippen LogP contribution is -2.53. The minimum absolute atomic E-state index is 0. The Hall–Kier alpha value is -1.22. The molecule has 0 radical (unpaired) electrons. The maximum atomic E-state index is 12.4. The van der Waals surface area contributed by atoms with E-state index in [0.717, 1.165) is 11.3 Å². The zero-order valence-corrected chi connectivity index (χ0v) is 16.1. The molecule has 1 aliphatic rings. The molecule has 9 heteroatoms. The van der Waals surface area contributed by atoms with E-state index in [4.69, 9.17) is 9.47 Å². The molecule has 0 bridgehead atoms. The highest BCUT2D eigenvalue weighted by Gasteiger charge is 2.31. The van der Waals surface area contributed by atoms with Gasteiger partial charge in [-0.3, -0.25) is 4.79 Å². The fraction of sp³-hybridized carbons (Fsp3) is 0.667. The number of methoxy groups -OCH3 is 1. The topological polar surface area (TPSA) is 89.5 Å². The molecule has 136 valence electrons. The average Bonchev–Trinajstić information content (AvgIpc) is 2.90. The Morgan fingerprint density at radius 2 is 2.08 bits per heavy atom. The summed E-state index contributed by atoms with van der Waals surface area (Å²) in [7, 11) is 1.33. The van der Waals surface area contributed by atoms with Crippen molar-refractivity contribution in [2.45, 2.75) is 45.3 Å². The number of hydrogen-bond donors (Lipinski definition) is 2. The Morgan fingerprint density at radius 3 is 2.62 bits per heavy atom. The first-order chi connectivity index (χ1) is 10.7. The van der Waals surface area contributed by atoms with Crippen LogP contribution in [0.1, 0.15) is 43.1 Å². The van der Waals surface area contributed by atoms with E-state index in [1.807, 2.05) is 27.7 Å². The van der Waals surface area contributed by atoms with Crippen molar-refractivity contribution in [3.63, 3.8) is 0 Å². The number of nitrogens with zero attached hydrogens (tertiary/aromatic N) is 1. The summed E-state index contributed by atoms with van der Waals surface area (Å²) in [6.45, 7) is 8.93. The van der Waals surface area contributed by atoms with Crippen molar-refractivity contribution >= 4 is 40.8 Å². The molecule has 24 heavy (non-hydrogen) atoms. The Labute approximate surface area is 151 Å². The second-order valence-corrected chi connectivity index (χ2v) is 7.43. The Kier molecular flexibility index (Phi) is 7.15. The van der Waals surface area contributed by atoms with E-state index >= 15 is 0 Å². The highest BCUT2D eigenvalue weighted by Crippen LogP contribution is 2.32. The molecule has 2 rings (SSSR count). The van der Waals surface area contributed by atoms with Crippen molar-refractivity contribution < 1.29 is 19.1 Å². The zero-order chi connectivity index (χ0) is 17.2. The number of anilines is 1. The van der Waals surface area contributed by atoms with Crippen LogP contribution in [0.4, 0.5) is 5.13 Å². The highest BCUT2D eigenvalue weighted by molar-refractivity contribution is 7.17. The summed E-state index contributed by atoms with van der Waals surface area (Å²) in [5.74, 6) is -0.664. The normalized spacial score (nSPS) is 20.9. The second-order valence-electron chi connectivity index (χ2n) is 6.44. The number of carbonyl (C=O) groups is 2. The maximum Gasteiger partial charge on any atom is 0.350 e. The molecule has 0 saturated carbocycles. The van der Waals surface area contributed by atoms with E-state index < -0.39 is 12.0 Å². The zero-order valence-electron chi connectivity index (χ0n) is 14.5. The van der Waals surface area contributed by atoms with Gasteiger partial charge in [-0.05, 0) is 6.92 Å². The van der Waals surface area contributed by atoms with Gasteiger partial charge in [-0.1, -0.05) is 32.1 Å². The van der Waals surface area contributed by atoms with Crippen LogP contribution in [0.5, 0.6) is 0 Å². The van der Waals surface area contributed by atoms with Gasteiger partial charge in [0.1, 0.15) is 10.9 Å². The highest BCUT2D eigenvalue weighted by atomic mass is 35.5. The van der Waals surface area contributed by atoms with Gasteiger partial charge in [0.2, 0.25) is 5.91 Å². The summed E-state index contributed by atoms with van der Waals surface area (Å²) in [6.07, 6.45) is -0.217. The maximum absolute atomic E-state index is 12.4. The van der Waals surface area contributed by atoms with Crippen LogP contribution in [-0.4, -0.2) is 49.3 Å². The van der Waals surface area contributed by atoms with Crippen molar-refractivity contribution in [1.29, 1.82) is 0 Å². The summed E-state index contributed by atoms with van der Waals surface area (Å²) in [6, 6.07) is -0.438. The molecule has 1 aromatic heterocycles. The first kappa shape index (κ1) is 20.8. The summed E-state index contributed by atoms with van der Waals surface area (Å²) in [4.78, 5) is 29.2. The number of rotatable bonds is 3. The van der Waals surface area contributed by atoms with E-state index in [2.05, 4.69) is 15.6 Å². The number of nitrogens with one attached hydrogen (secondary N) is 2. The van der Waals surface area contributed by atoms with Gasteiger partial charge in [0.15, 0.2) is 5.13 Å². The molecule has 0 aliphatic carbocycles. The molecule has 7 nitrogen and oxygen atoms in total. The Balaban J connectivity index is 0.00000288. The van der Waals surface area contributed by atoms with Crippen LogP contribution in [0.25, 0.3) is 0 Å². The van der Waals surface area contributed by atoms with E-state index in [1.165, 1.54) is 7.11 Å². The van der Waals surface area contributed by atoms with Crippen LogP contribution in [0, 0.1) is 0 Å². The third-order valence-electron chi connectivity index (χ3n) is 3.54. The van der Waals surface area contributed by atoms with Crippen LogP contribution in [0.15, 0.2) is 0 Å². The molecular formula is C15H24ClN3O4S. The molecule has 0 unspecified atom stereocenters. The predicted molar refractivity (Wildman–Crippen MR) is 95.2 cm³/mol. The standard InChI is InChI=1S/C15H23N3O4S.ClH/c1-8-9(16-6-7-22-8)12(19)18-14-17-11(15(2,3)4)10(23-14)13(20)21-5;/h8-9,16H,6-7H2,1-5H3,(H,17,18,19);1H/t8-,9+;/m1./s1. The van der Waals surface area contributed by atoms with Gasteiger partial charge in [0, 0.05) is 12.0 Å². The Morgan fingerprint density at radius 1 is 1.42 bits per heavy atom. The van der Waals surface area contributed by atoms with Gasteiger partial charge >= 0.3 is 5.97 Å². The second kappa shape index (κ2) is 8.24. The van der Waals surface area contributed by atoms with Crippen LogP contribution in [-0.2, 0) is 19.7 Å². The number of esters is 1. The largest absolute Gasteiger partial charge is 0.465 e. The fourth-order valence-corrected chi connectivity index (χ4v) is 3.42. The molecule has 1 saturated heterocycles. The van der Waals surface area contributed by atoms with Crippen molar-refractivity contribution in [2.75, 3.05) is 25.6 Å². The van der Waals surface area contributed by atoms with Crippen molar-refractivity contribution in [1.82, 2.24) is 10.3 Å². The first-order valence-corrected chi connectivity index (χ1v) is 8.31. The van der Waals surface area contributed by atoms with E-state index in [-0.39, 0.29) is 29.8 Å². The molecule has 2 atom stereocenters. The minimum atomic E-state index is -0.444. The number of aromatic nitrogens is 1. The van der Waals surface area contributed by atoms with Crippen LogP contribution in [0.2, 0.25) is 0 Å². The molecule has 2 N–H and O–H groups in total. The number of carbonyl (C=O) groups excluding carboxylic acids is 2. The van der Waals surface area contributed by atoms with E-state index in [1.54, 1.807) is 0 Å². The van der Waals surface area contributed by atoms with Gasteiger partial charge in [-0.2, -0.15) is 0 Å². The number of thiazole rings is 1. The van der Waals surface area contributed by atoms with Crippen LogP contribution < -0.4 is 10.6 Å². The van der Waals surface area contributed by atoms with E-state index in [9.17, 15) is 9.59 Å². The monoisotopic (exact) mass is 377 g/mol. The quantitative estimate of drug-likeness (QED) is 0.783. The third kappa shape index (κ3) is 4.66. The SMILES string of the molecule is COC(=O)c1sc(NC(=O)[C@H]2NCCO[C@@H]2C)nc1C(C)(C)C.Cl. The first-order valence-electron chi connectivity index (χ1n) is 7.49. The van der Waals surface area contributed by atoms with Crippen LogP contribution >= 0.6 is 23.7 Å². The lowest BCUT2D eigenvalue weighted by Gasteiger charge is -2.28. The Bertz CT molecular complexity index is 600. The summed E-state index contributed by atoms with van der Waals surface area (Å²) >= 11 is 1.13. The van der Waals surface area contributed by atoms with Crippen molar-refractivity contribution in [3.05, 3.63) is 10.6 Å². The average molecular weight is 378 g/mol. The number of halogens is 1. The smallest absolute Gasteiger partial charge is 0.350 e. The number of morpholine rings is 1. The molecular weight excluding hydrogens is 354 g/mol. The molecule has 1 fully saturated rings. The van der Waals surface area contributed by atoms with E-state index in [0.29, 0.717) is 28.9 Å². The lowest BCUT2D eigenvalue weighted by molar-refractivity contribution is -0.123. The number of hydrogen-bond acceptors (Lipinski definition) is 7. The summed E-state index contributed by atoms with van der Waals surface area (Å²) in [5, 5.41) is 6.28. The molecule has 0 aromatic carbocycles. The number of ether oxygens (including phenoxy) is 2. The van der Waals surface area contributed by atoms with Gasteiger partial charge in [-0.15, -0.1) is 12.4 Å². The molecule has 1 amide bonds. The molecule has 1 aromatic rings. The van der Waals surface area contributed by atoms with Gasteiger partial charge in [0.25, 0.3) is 0 Å². The fourth-order valence-electron chi connectivity index (χ4n) is 2.32. The van der Waals surface area contributed by atoms with Crippen molar-refractivity contribution in [3.8, 4) is 0 Å². The number of amides is 1. The molecule has 0 spiro atoms. The van der Waals surface area contributed by atoms with Crippen molar-refractivity contribution in [2.24, 2.45) is 0 Å². The molecule has 1 aliphatic heterocycles.